The van der Waals surface area contributed by atoms with E-state index in [0.29, 0.717) is 0 Å². The molecule has 21 heavy (non-hydrogen) atoms. The molecule has 112 valence electrons. The molecule has 0 amide bonds. The molecule has 2 aromatic rings. The van der Waals surface area contributed by atoms with E-state index in [2.05, 4.69) is 0 Å². The highest BCUT2D eigenvalue weighted by Crippen LogP contribution is 2.49. The lowest BCUT2D eigenvalue weighted by Crippen LogP contribution is -2.04. The molecule has 1 N–H and O–H groups in total. The van der Waals surface area contributed by atoms with Crippen molar-refractivity contribution in [3.05, 3.63) is 71.8 Å². The van der Waals surface area contributed by atoms with Gasteiger partial charge in [-0.3, -0.25) is 4.57 Å². The third kappa shape index (κ3) is 5.44. The van der Waals surface area contributed by atoms with Gasteiger partial charge < -0.3 is 14.2 Å². The van der Waals surface area contributed by atoms with E-state index in [1.54, 1.807) is 0 Å². The van der Waals surface area contributed by atoms with Gasteiger partial charge in [-0.25, -0.2) is 0 Å². The van der Waals surface area contributed by atoms with Gasteiger partial charge in [0, 0.05) is 0 Å². The molecule has 0 bridgehead atoms. The summed E-state index contributed by atoms with van der Waals surface area (Å²) in [6.45, 7) is 0.167. The van der Waals surface area contributed by atoms with Gasteiger partial charge in [-0.2, -0.15) is 0 Å². The van der Waals surface area contributed by atoms with Crippen LogP contribution in [-0.4, -0.2) is 17.9 Å². The van der Waals surface area contributed by atoms with E-state index < -0.39 is 7.60 Å². The van der Waals surface area contributed by atoms with Crippen LogP contribution in [0.4, 0.5) is 0 Å². The third-order valence-corrected chi connectivity index (χ3v) is 4.71. The Morgan fingerprint density at radius 2 is 1.24 bits per heavy atom. The van der Waals surface area contributed by atoms with Crippen LogP contribution in [0.3, 0.4) is 0 Å². The molecule has 0 aliphatic carbocycles. The first-order valence-electron chi connectivity index (χ1n) is 6.79. The lowest BCUT2D eigenvalue weighted by Gasteiger charge is -2.18. The Morgan fingerprint density at radius 1 is 0.810 bits per heavy atom. The Labute approximate surface area is 124 Å². The number of rotatable bonds is 8. The minimum Gasteiger partial charge on any atom is -0.396 e. The molecule has 0 spiro atoms. The summed E-state index contributed by atoms with van der Waals surface area (Å²) < 4.78 is 23.5. The summed E-state index contributed by atoms with van der Waals surface area (Å²) in [7, 11) is -3.30. The standard InChI is InChI=1S/C16H19O4P/c17-11-12-21(18,19-13-15-7-3-1-4-8-15)20-14-16-9-5-2-6-10-16/h1-10,17H,11-14H2. The molecular formula is C16H19O4P. The van der Waals surface area contributed by atoms with Crippen molar-refractivity contribution in [1.82, 2.24) is 0 Å². The van der Waals surface area contributed by atoms with Gasteiger partial charge in [0.15, 0.2) is 0 Å². The number of aliphatic hydroxyl groups excluding tert-OH is 1. The zero-order valence-corrected chi connectivity index (χ0v) is 12.6. The highest BCUT2D eigenvalue weighted by Gasteiger charge is 2.24. The summed E-state index contributed by atoms with van der Waals surface area (Å²) >= 11 is 0. The van der Waals surface area contributed by atoms with Crippen molar-refractivity contribution >= 4 is 7.60 Å². The Kier molecular flexibility index (Phi) is 6.15. The van der Waals surface area contributed by atoms with E-state index in [-0.39, 0.29) is 26.0 Å². The Morgan fingerprint density at radius 3 is 1.62 bits per heavy atom. The van der Waals surface area contributed by atoms with Crippen LogP contribution in [0.1, 0.15) is 11.1 Å². The predicted octanol–water partition coefficient (Wildman–Crippen LogP) is 3.61. The maximum atomic E-state index is 12.6. The smallest absolute Gasteiger partial charge is 0.333 e. The first-order valence-corrected chi connectivity index (χ1v) is 8.51. The predicted molar refractivity (Wildman–Crippen MR) is 82.0 cm³/mol. The van der Waals surface area contributed by atoms with E-state index >= 15 is 0 Å². The van der Waals surface area contributed by atoms with Gasteiger partial charge in [0.2, 0.25) is 0 Å². The maximum absolute atomic E-state index is 12.6. The molecule has 0 radical (unpaired) electrons. The number of benzene rings is 2. The van der Waals surface area contributed by atoms with E-state index in [9.17, 15) is 4.57 Å². The molecule has 0 aromatic heterocycles. The second kappa shape index (κ2) is 8.11. The lowest BCUT2D eigenvalue weighted by molar-refractivity contribution is 0.184. The molecule has 4 nitrogen and oxygen atoms in total. The molecule has 0 saturated heterocycles. The minimum absolute atomic E-state index is 0.00727. The fourth-order valence-electron chi connectivity index (χ4n) is 1.78. The van der Waals surface area contributed by atoms with Crippen LogP contribution >= 0.6 is 7.60 Å². The largest absolute Gasteiger partial charge is 0.396 e. The molecule has 0 fully saturated rings. The SMILES string of the molecule is O=P(CCO)(OCc1ccccc1)OCc1ccccc1. The first kappa shape index (κ1) is 15.9. The zero-order valence-electron chi connectivity index (χ0n) is 11.7. The zero-order chi connectivity index (χ0) is 15.0. The average molecular weight is 306 g/mol. The summed E-state index contributed by atoms with van der Waals surface area (Å²) in [5, 5.41) is 9.06. The van der Waals surface area contributed by atoms with E-state index in [0.717, 1.165) is 11.1 Å². The van der Waals surface area contributed by atoms with Crippen molar-refractivity contribution in [2.75, 3.05) is 12.8 Å². The lowest BCUT2D eigenvalue weighted by atomic mass is 10.2. The number of hydrogen-bond donors (Lipinski definition) is 1. The number of aliphatic hydroxyl groups is 1. The van der Waals surface area contributed by atoms with Gasteiger partial charge in [-0.1, -0.05) is 60.7 Å². The van der Waals surface area contributed by atoms with Gasteiger partial charge in [0.05, 0.1) is 26.0 Å². The van der Waals surface area contributed by atoms with Gasteiger partial charge in [0.25, 0.3) is 0 Å². The fourth-order valence-corrected chi connectivity index (χ4v) is 3.05. The third-order valence-electron chi connectivity index (χ3n) is 2.92. The van der Waals surface area contributed by atoms with Crippen molar-refractivity contribution in [2.45, 2.75) is 13.2 Å². The molecule has 0 aliphatic rings. The highest BCUT2D eigenvalue weighted by atomic mass is 31.2. The van der Waals surface area contributed by atoms with Crippen molar-refractivity contribution in [2.24, 2.45) is 0 Å². The highest BCUT2D eigenvalue weighted by molar-refractivity contribution is 7.53. The first-order chi connectivity index (χ1) is 10.2. The van der Waals surface area contributed by atoms with Gasteiger partial charge in [0.1, 0.15) is 0 Å². The molecular weight excluding hydrogens is 287 g/mol. The molecule has 0 unspecified atom stereocenters. The second-order valence-electron chi connectivity index (χ2n) is 4.58. The van der Waals surface area contributed by atoms with Crippen LogP contribution in [0.2, 0.25) is 0 Å². The monoisotopic (exact) mass is 306 g/mol. The molecule has 0 heterocycles. The van der Waals surface area contributed by atoms with Crippen LogP contribution in [0.15, 0.2) is 60.7 Å². The quantitative estimate of drug-likeness (QED) is 0.757. The van der Waals surface area contributed by atoms with Crippen LogP contribution < -0.4 is 0 Å². The van der Waals surface area contributed by atoms with Crippen LogP contribution in [-0.2, 0) is 26.8 Å². The summed E-state index contributed by atoms with van der Waals surface area (Å²) in [6.07, 6.45) is -0.00727. The second-order valence-corrected chi connectivity index (χ2v) is 6.76. The van der Waals surface area contributed by atoms with Gasteiger partial charge in [-0.15, -0.1) is 0 Å². The Hall–Kier alpha value is -1.45. The van der Waals surface area contributed by atoms with Crippen LogP contribution in [0, 0.1) is 0 Å². The summed E-state index contributed by atoms with van der Waals surface area (Å²) in [4.78, 5) is 0. The molecule has 0 aliphatic heterocycles. The number of hydrogen-bond acceptors (Lipinski definition) is 4. The van der Waals surface area contributed by atoms with Crippen molar-refractivity contribution in [1.29, 1.82) is 0 Å². The van der Waals surface area contributed by atoms with E-state index in [1.165, 1.54) is 0 Å². The Balaban J connectivity index is 1.94. The average Bonchev–Trinajstić information content (AvgIpc) is 2.54. The Bertz CT molecular complexity index is 524. The molecule has 2 rings (SSSR count). The molecule has 5 heteroatoms. The maximum Gasteiger partial charge on any atom is 0.333 e. The van der Waals surface area contributed by atoms with Gasteiger partial charge in [-0.05, 0) is 11.1 Å². The van der Waals surface area contributed by atoms with Crippen LogP contribution in [0.25, 0.3) is 0 Å². The summed E-state index contributed by atoms with van der Waals surface area (Å²) in [5.74, 6) is 0. The van der Waals surface area contributed by atoms with Crippen molar-refractivity contribution < 1.29 is 18.7 Å². The van der Waals surface area contributed by atoms with E-state index in [1.807, 2.05) is 60.7 Å². The topological polar surface area (TPSA) is 55.8 Å². The van der Waals surface area contributed by atoms with Gasteiger partial charge >= 0.3 is 7.60 Å². The normalized spacial score (nSPS) is 11.5. The van der Waals surface area contributed by atoms with E-state index in [4.69, 9.17) is 14.2 Å². The molecule has 2 aromatic carbocycles. The molecule has 0 saturated carbocycles. The summed E-state index contributed by atoms with van der Waals surface area (Å²) in [5.41, 5.74) is 1.83. The summed E-state index contributed by atoms with van der Waals surface area (Å²) in [6, 6.07) is 18.9. The molecule has 0 atom stereocenters. The minimum atomic E-state index is -3.30. The van der Waals surface area contributed by atoms with Crippen LogP contribution in [0.5, 0.6) is 0 Å². The van der Waals surface area contributed by atoms with Crippen molar-refractivity contribution in [3.63, 3.8) is 0 Å². The fraction of sp³-hybridized carbons (Fsp3) is 0.250. The van der Waals surface area contributed by atoms with Crippen molar-refractivity contribution in [3.8, 4) is 0 Å².